The molecule has 5 nitrogen and oxygen atoms in total. The van der Waals surface area contributed by atoms with Crippen LogP contribution in [-0.4, -0.2) is 28.4 Å². The highest BCUT2D eigenvalue weighted by Crippen LogP contribution is 2.42. The molecule has 1 N–H and O–H groups in total. The van der Waals surface area contributed by atoms with Gasteiger partial charge in [-0.05, 0) is 41.3 Å². The Hall–Kier alpha value is -3.91. The van der Waals surface area contributed by atoms with Crippen LogP contribution >= 0.6 is 0 Å². The number of carbonyl (C=O) groups excluding carboxylic acids is 1. The SMILES string of the molecule is N#Cc1ccc([C@H]2[C@@H](C(=O)O)c3ccccc3C(=O)N2CCc2ccccc2)cc1. The van der Waals surface area contributed by atoms with Crippen LogP contribution in [0.4, 0.5) is 0 Å². The summed E-state index contributed by atoms with van der Waals surface area (Å²) in [7, 11) is 0. The lowest BCUT2D eigenvalue weighted by Gasteiger charge is -2.41. The quantitative estimate of drug-likeness (QED) is 0.702. The van der Waals surface area contributed by atoms with Gasteiger partial charge in [-0.25, -0.2) is 0 Å². The number of nitriles is 1. The van der Waals surface area contributed by atoms with Crippen molar-refractivity contribution in [2.45, 2.75) is 18.4 Å². The predicted octanol–water partition coefficient (Wildman–Crippen LogP) is 4.17. The number of nitrogens with zero attached hydrogens (tertiary/aromatic N) is 2. The van der Waals surface area contributed by atoms with Crippen molar-refractivity contribution in [1.82, 2.24) is 4.90 Å². The van der Waals surface area contributed by atoms with Crippen molar-refractivity contribution >= 4 is 11.9 Å². The zero-order valence-electron chi connectivity index (χ0n) is 16.2. The molecule has 5 heteroatoms. The maximum Gasteiger partial charge on any atom is 0.313 e. The molecule has 1 aliphatic rings. The van der Waals surface area contributed by atoms with Crippen LogP contribution < -0.4 is 0 Å². The van der Waals surface area contributed by atoms with Crippen LogP contribution in [0.3, 0.4) is 0 Å². The fraction of sp³-hybridized carbons (Fsp3) is 0.160. The van der Waals surface area contributed by atoms with Crippen molar-refractivity contribution in [3.63, 3.8) is 0 Å². The van der Waals surface area contributed by atoms with Crippen LogP contribution in [0, 0.1) is 11.3 Å². The number of carboxylic acids is 1. The minimum absolute atomic E-state index is 0.173. The number of amides is 1. The summed E-state index contributed by atoms with van der Waals surface area (Å²) >= 11 is 0. The highest BCUT2D eigenvalue weighted by atomic mass is 16.4. The molecule has 0 saturated carbocycles. The zero-order valence-corrected chi connectivity index (χ0v) is 16.2. The number of hydrogen-bond donors (Lipinski definition) is 1. The molecule has 3 aromatic rings. The highest BCUT2D eigenvalue weighted by Gasteiger charge is 2.43. The lowest BCUT2D eigenvalue weighted by atomic mass is 9.79. The van der Waals surface area contributed by atoms with Gasteiger partial charge in [-0.15, -0.1) is 0 Å². The van der Waals surface area contributed by atoms with Gasteiger partial charge < -0.3 is 10.0 Å². The Kier molecular flexibility index (Phi) is 5.32. The average Bonchev–Trinajstić information content (AvgIpc) is 2.79. The largest absolute Gasteiger partial charge is 0.481 e. The standard InChI is InChI=1S/C25H20N2O3/c26-16-18-10-12-19(13-11-18)23-22(25(29)30)20-8-4-5-9-21(20)24(28)27(23)15-14-17-6-2-1-3-7-17/h1-13,22-23H,14-15H2,(H,29,30)/t22-,23-/m0/s1. The third-order valence-corrected chi connectivity index (χ3v) is 5.57. The predicted molar refractivity (Wildman–Crippen MR) is 112 cm³/mol. The van der Waals surface area contributed by atoms with Gasteiger partial charge in [0.2, 0.25) is 0 Å². The van der Waals surface area contributed by atoms with Crippen LogP contribution in [0.1, 0.15) is 44.6 Å². The summed E-state index contributed by atoms with van der Waals surface area (Å²) in [5.74, 6) is -2.04. The molecule has 0 spiro atoms. The molecule has 0 radical (unpaired) electrons. The molecule has 1 heterocycles. The Morgan fingerprint density at radius 2 is 1.63 bits per heavy atom. The van der Waals surface area contributed by atoms with Crippen LogP contribution in [0.15, 0.2) is 78.9 Å². The Bertz CT molecular complexity index is 1120. The molecule has 0 saturated heterocycles. The van der Waals surface area contributed by atoms with Gasteiger partial charge in [-0.3, -0.25) is 9.59 Å². The topological polar surface area (TPSA) is 81.4 Å². The zero-order chi connectivity index (χ0) is 21.1. The first-order chi connectivity index (χ1) is 14.6. The third-order valence-electron chi connectivity index (χ3n) is 5.57. The lowest BCUT2D eigenvalue weighted by molar-refractivity contribution is -0.140. The fourth-order valence-corrected chi connectivity index (χ4v) is 4.12. The molecule has 4 rings (SSSR count). The van der Waals surface area contributed by atoms with Crippen molar-refractivity contribution in [3.8, 4) is 6.07 Å². The van der Waals surface area contributed by atoms with Crippen molar-refractivity contribution < 1.29 is 14.7 Å². The Morgan fingerprint density at radius 1 is 0.967 bits per heavy atom. The van der Waals surface area contributed by atoms with E-state index >= 15 is 0 Å². The van der Waals surface area contributed by atoms with E-state index in [0.29, 0.717) is 35.2 Å². The molecular weight excluding hydrogens is 376 g/mol. The molecule has 0 aliphatic carbocycles. The number of carbonyl (C=O) groups is 2. The molecule has 2 atom stereocenters. The van der Waals surface area contributed by atoms with Gasteiger partial charge in [0.25, 0.3) is 5.91 Å². The van der Waals surface area contributed by atoms with Gasteiger partial charge >= 0.3 is 5.97 Å². The maximum atomic E-state index is 13.4. The molecule has 0 fully saturated rings. The molecular formula is C25H20N2O3. The smallest absolute Gasteiger partial charge is 0.313 e. The number of aliphatic carboxylic acids is 1. The molecule has 1 amide bonds. The minimum Gasteiger partial charge on any atom is -0.481 e. The Balaban J connectivity index is 1.80. The summed E-state index contributed by atoms with van der Waals surface area (Å²) in [6.45, 7) is 0.394. The van der Waals surface area contributed by atoms with E-state index in [1.807, 2.05) is 30.3 Å². The maximum absolute atomic E-state index is 13.4. The third kappa shape index (κ3) is 3.56. The number of carboxylic acid groups (broad SMARTS) is 1. The summed E-state index contributed by atoms with van der Waals surface area (Å²) in [4.78, 5) is 27.4. The summed E-state index contributed by atoms with van der Waals surface area (Å²) in [5, 5.41) is 19.2. The molecule has 1 aliphatic heterocycles. The number of benzene rings is 3. The molecule has 148 valence electrons. The van der Waals surface area contributed by atoms with Gasteiger partial charge in [-0.1, -0.05) is 60.7 Å². The van der Waals surface area contributed by atoms with E-state index in [9.17, 15) is 14.7 Å². The van der Waals surface area contributed by atoms with E-state index in [4.69, 9.17) is 5.26 Å². The van der Waals surface area contributed by atoms with Crippen LogP contribution in [0.2, 0.25) is 0 Å². The Morgan fingerprint density at radius 3 is 2.30 bits per heavy atom. The molecule has 0 unspecified atom stereocenters. The van der Waals surface area contributed by atoms with Crippen LogP contribution in [0.25, 0.3) is 0 Å². The number of rotatable bonds is 5. The summed E-state index contributed by atoms with van der Waals surface area (Å²) in [6.07, 6.45) is 0.619. The minimum atomic E-state index is -0.978. The van der Waals surface area contributed by atoms with Gasteiger partial charge in [0.05, 0.1) is 17.7 Å². The van der Waals surface area contributed by atoms with Crippen molar-refractivity contribution in [2.75, 3.05) is 6.54 Å². The number of hydrogen-bond acceptors (Lipinski definition) is 3. The van der Waals surface area contributed by atoms with Crippen molar-refractivity contribution in [3.05, 3.63) is 107 Å². The van der Waals surface area contributed by atoms with Crippen molar-refractivity contribution in [1.29, 1.82) is 5.26 Å². The van der Waals surface area contributed by atoms with E-state index in [0.717, 1.165) is 5.56 Å². The van der Waals surface area contributed by atoms with Gasteiger partial charge in [0, 0.05) is 12.1 Å². The molecule has 0 bridgehead atoms. The van der Waals surface area contributed by atoms with E-state index in [-0.39, 0.29) is 5.91 Å². The lowest BCUT2D eigenvalue weighted by Crippen LogP contribution is -2.45. The van der Waals surface area contributed by atoms with E-state index in [1.165, 1.54) is 0 Å². The van der Waals surface area contributed by atoms with Crippen LogP contribution in [-0.2, 0) is 11.2 Å². The molecule has 30 heavy (non-hydrogen) atoms. The van der Waals surface area contributed by atoms with Crippen molar-refractivity contribution in [2.24, 2.45) is 0 Å². The van der Waals surface area contributed by atoms with Gasteiger partial charge in [-0.2, -0.15) is 5.26 Å². The summed E-state index contributed by atoms with van der Waals surface area (Å²) in [5.41, 5.74) is 3.24. The summed E-state index contributed by atoms with van der Waals surface area (Å²) in [6, 6.07) is 25.0. The second-order valence-corrected chi connectivity index (χ2v) is 7.32. The first kappa shape index (κ1) is 19.4. The first-order valence-corrected chi connectivity index (χ1v) is 9.77. The molecule has 0 aromatic heterocycles. The molecule has 3 aromatic carbocycles. The fourth-order valence-electron chi connectivity index (χ4n) is 4.12. The summed E-state index contributed by atoms with van der Waals surface area (Å²) < 4.78 is 0. The van der Waals surface area contributed by atoms with E-state index in [2.05, 4.69) is 6.07 Å². The monoisotopic (exact) mass is 396 g/mol. The van der Waals surface area contributed by atoms with Gasteiger partial charge in [0.15, 0.2) is 0 Å². The van der Waals surface area contributed by atoms with E-state index < -0.39 is 17.9 Å². The van der Waals surface area contributed by atoms with Gasteiger partial charge in [0.1, 0.15) is 5.92 Å². The second kappa shape index (κ2) is 8.22. The second-order valence-electron chi connectivity index (χ2n) is 7.32. The highest BCUT2D eigenvalue weighted by molar-refractivity contribution is 6.00. The van der Waals surface area contributed by atoms with Crippen LogP contribution in [0.5, 0.6) is 0 Å². The van der Waals surface area contributed by atoms with E-state index in [1.54, 1.807) is 53.4 Å². The average molecular weight is 396 g/mol. The first-order valence-electron chi connectivity index (χ1n) is 9.77. The number of fused-ring (bicyclic) bond motifs is 1. The normalized spacial score (nSPS) is 17.8. The Labute approximate surface area is 174 Å².